The van der Waals surface area contributed by atoms with Crippen molar-refractivity contribution < 1.29 is 5.11 Å². The number of hydrogen-bond donors (Lipinski definition) is 1. The molecule has 0 aromatic heterocycles. The summed E-state index contributed by atoms with van der Waals surface area (Å²) in [4.78, 5) is 2.46. The summed E-state index contributed by atoms with van der Waals surface area (Å²) < 4.78 is 0. The van der Waals surface area contributed by atoms with Gasteiger partial charge in [-0.25, -0.2) is 0 Å². The highest BCUT2D eigenvalue weighted by atomic mass is 16.3. The molecule has 100 valence electrons. The third-order valence-electron chi connectivity index (χ3n) is 4.13. The maximum atomic E-state index is 9.99. The van der Waals surface area contributed by atoms with Crippen LogP contribution in [0.3, 0.4) is 0 Å². The van der Waals surface area contributed by atoms with Crippen molar-refractivity contribution in [3.05, 3.63) is 29.3 Å². The molecule has 18 heavy (non-hydrogen) atoms. The lowest BCUT2D eigenvalue weighted by atomic mass is 9.96. The first-order valence-electron chi connectivity index (χ1n) is 7.25. The molecular formula is C16H25NO. The lowest BCUT2D eigenvalue weighted by molar-refractivity contribution is 0.218. The number of piperidine rings is 1. The summed E-state index contributed by atoms with van der Waals surface area (Å²) in [6.45, 7) is 7.70. The summed E-state index contributed by atoms with van der Waals surface area (Å²) in [6, 6.07) is 6.11. The number of likely N-dealkylation sites (tertiary alicyclic amines) is 1. The van der Waals surface area contributed by atoms with Crippen LogP contribution < -0.4 is 0 Å². The van der Waals surface area contributed by atoms with Gasteiger partial charge in [-0.15, -0.1) is 0 Å². The lowest BCUT2D eigenvalue weighted by Crippen LogP contribution is -2.29. The maximum Gasteiger partial charge on any atom is 0.120 e. The fraction of sp³-hybridized carbons (Fsp3) is 0.625. The van der Waals surface area contributed by atoms with Crippen molar-refractivity contribution in [2.24, 2.45) is 0 Å². The van der Waals surface area contributed by atoms with Crippen LogP contribution in [-0.4, -0.2) is 23.1 Å². The zero-order valence-electron chi connectivity index (χ0n) is 11.7. The number of phenolic OH excluding ortho intramolecular Hbond substituents is 1. The zero-order valence-corrected chi connectivity index (χ0v) is 11.7. The Morgan fingerprint density at radius 2 is 1.94 bits per heavy atom. The summed E-state index contributed by atoms with van der Waals surface area (Å²) in [6.07, 6.45) is 5.10. The molecule has 0 amide bonds. The number of aromatic hydroxyl groups is 1. The average molecular weight is 247 g/mol. The van der Waals surface area contributed by atoms with E-state index in [1.807, 2.05) is 6.07 Å². The molecule has 1 heterocycles. The van der Waals surface area contributed by atoms with Gasteiger partial charge in [-0.2, -0.15) is 0 Å². The van der Waals surface area contributed by atoms with Crippen molar-refractivity contribution in [1.29, 1.82) is 0 Å². The van der Waals surface area contributed by atoms with Gasteiger partial charge in [-0.05, 0) is 49.9 Å². The van der Waals surface area contributed by atoms with Crippen LogP contribution in [0.25, 0.3) is 0 Å². The second kappa shape index (κ2) is 6.24. The molecule has 1 aromatic rings. The molecule has 0 radical (unpaired) electrons. The summed E-state index contributed by atoms with van der Waals surface area (Å²) >= 11 is 0. The Balaban J connectivity index is 2.10. The van der Waals surface area contributed by atoms with Crippen molar-refractivity contribution in [2.45, 2.75) is 52.0 Å². The standard InChI is InChI=1S/C16H25NO/c1-3-13(2)14-7-8-16(18)15(11-14)12-17-9-5-4-6-10-17/h7-8,11,13,18H,3-6,9-10,12H2,1-2H3. The molecule has 0 saturated carbocycles. The monoisotopic (exact) mass is 247 g/mol. The van der Waals surface area contributed by atoms with Crippen LogP contribution >= 0.6 is 0 Å². The van der Waals surface area contributed by atoms with E-state index in [-0.39, 0.29) is 0 Å². The Labute approximate surface area is 111 Å². The molecule has 2 heteroatoms. The minimum Gasteiger partial charge on any atom is -0.508 e. The van der Waals surface area contributed by atoms with Crippen LogP contribution in [0, 0.1) is 0 Å². The van der Waals surface area contributed by atoms with Gasteiger partial charge in [0, 0.05) is 12.1 Å². The predicted octanol–water partition coefficient (Wildman–Crippen LogP) is 3.89. The van der Waals surface area contributed by atoms with E-state index in [4.69, 9.17) is 0 Å². The quantitative estimate of drug-likeness (QED) is 0.872. The second-order valence-electron chi connectivity index (χ2n) is 5.53. The molecule has 1 N–H and O–H groups in total. The van der Waals surface area contributed by atoms with E-state index in [0.29, 0.717) is 11.7 Å². The fourth-order valence-electron chi connectivity index (χ4n) is 2.63. The van der Waals surface area contributed by atoms with E-state index in [1.54, 1.807) is 0 Å². The minimum atomic E-state index is 0.452. The van der Waals surface area contributed by atoms with Gasteiger partial charge in [0.2, 0.25) is 0 Å². The topological polar surface area (TPSA) is 23.5 Å². The number of nitrogens with zero attached hydrogens (tertiary/aromatic N) is 1. The van der Waals surface area contributed by atoms with Gasteiger partial charge < -0.3 is 5.11 Å². The van der Waals surface area contributed by atoms with Crippen LogP contribution in [0.5, 0.6) is 5.75 Å². The molecule has 0 spiro atoms. The highest BCUT2D eigenvalue weighted by molar-refractivity contribution is 5.37. The molecule has 0 aliphatic carbocycles. The Morgan fingerprint density at radius 1 is 1.22 bits per heavy atom. The fourth-order valence-corrected chi connectivity index (χ4v) is 2.63. The van der Waals surface area contributed by atoms with Gasteiger partial charge in [0.05, 0.1) is 0 Å². The third kappa shape index (κ3) is 3.26. The Morgan fingerprint density at radius 3 is 2.61 bits per heavy atom. The van der Waals surface area contributed by atoms with E-state index in [2.05, 4.69) is 30.9 Å². The molecule has 1 aliphatic rings. The molecule has 1 aliphatic heterocycles. The normalized spacial score (nSPS) is 18.8. The molecule has 1 unspecified atom stereocenters. The Hall–Kier alpha value is -1.02. The van der Waals surface area contributed by atoms with E-state index in [1.165, 1.54) is 37.9 Å². The van der Waals surface area contributed by atoms with Crippen LogP contribution in [0.1, 0.15) is 56.6 Å². The SMILES string of the molecule is CCC(C)c1ccc(O)c(CN2CCCCC2)c1. The largest absolute Gasteiger partial charge is 0.508 e. The van der Waals surface area contributed by atoms with Gasteiger partial charge >= 0.3 is 0 Å². The molecular weight excluding hydrogens is 222 g/mol. The first-order chi connectivity index (χ1) is 8.70. The summed E-state index contributed by atoms with van der Waals surface area (Å²) in [5.41, 5.74) is 2.44. The third-order valence-corrected chi connectivity index (χ3v) is 4.13. The number of hydrogen-bond acceptors (Lipinski definition) is 2. The molecule has 1 atom stereocenters. The molecule has 1 saturated heterocycles. The lowest BCUT2D eigenvalue weighted by Gasteiger charge is -2.27. The van der Waals surface area contributed by atoms with Crippen molar-refractivity contribution in [3.8, 4) is 5.75 Å². The molecule has 2 nitrogen and oxygen atoms in total. The van der Waals surface area contributed by atoms with Crippen LogP contribution in [-0.2, 0) is 6.54 Å². The smallest absolute Gasteiger partial charge is 0.120 e. The predicted molar refractivity (Wildman–Crippen MR) is 75.9 cm³/mol. The Kier molecular flexibility index (Phi) is 4.65. The van der Waals surface area contributed by atoms with Crippen molar-refractivity contribution in [1.82, 2.24) is 4.90 Å². The minimum absolute atomic E-state index is 0.452. The van der Waals surface area contributed by atoms with Crippen LogP contribution in [0.2, 0.25) is 0 Å². The molecule has 0 bridgehead atoms. The summed E-state index contributed by atoms with van der Waals surface area (Å²) in [7, 11) is 0. The molecule has 1 aromatic carbocycles. The van der Waals surface area contributed by atoms with Crippen molar-refractivity contribution in [3.63, 3.8) is 0 Å². The van der Waals surface area contributed by atoms with Gasteiger partial charge in [0.25, 0.3) is 0 Å². The first-order valence-corrected chi connectivity index (χ1v) is 7.25. The van der Waals surface area contributed by atoms with E-state index in [0.717, 1.165) is 18.5 Å². The van der Waals surface area contributed by atoms with Crippen molar-refractivity contribution in [2.75, 3.05) is 13.1 Å². The number of phenols is 1. The molecule has 2 rings (SSSR count). The highest BCUT2D eigenvalue weighted by Gasteiger charge is 2.13. The van der Waals surface area contributed by atoms with Crippen LogP contribution in [0.15, 0.2) is 18.2 Å². The van der Waals surface area contributed by atoms with Gasteiger partial charge in [-0.3, -0.25) is 4.90 Å². The van der Waals surface area contributed by atoms with E-state index in [9.17, 15) is 5.11 Å². The molecule has 1 fully saturated rings. The van der Waals surface area contributed by atoms with Crippen molar-refractivity contribution >= 4 is 0 Å². The van der Waals surface area contributed by atoms with Gasteiger partial charge in [0.15, 0.2) is 0 Å². The zero-order chi connectivity index (χ0) is 13.0. The van der Waals surface area contributed by atoms with Gasteiger partial charge in [0.1, 0.15) is 5.75 Å². The summed E-state index contributed by atoms with van der Waals surface area (Å²) in [5.74, 6) is 1.03. The van der Waals surface area contributed by atoms with Gasteiger partial charge in [-0.1, -0.05) is 32.4 Å². The Bertz CT molecular complexity index is 383. The average Bonchev–Trinajstić information content (AvgIpc) is 2.41. The number of benzene rings is 1. The highest BCUT2D eigenvalue weighted by Crippen LogP contribution is 2.26. The first kappa shape index (κ1) is 13.4. The maximum absolute atomic E-state index is 9.99. The van der Waals surface area contributed by atoms with Crippen LogP contribution in [0.4, 0.5) is 0 Å². The number of rotatable bonds is 4. The second-order valence-corrected chi connectivity index (χ2v) is 5.53. The van der Waals surface area contributed by atoms with E-state index >= 15 is 0 Å². The van der Waals surface area contributed by atoms with E-state index < -0.39 is 0 Å². The summed E-state index contributed by atoms with van der Waals surface area (Å²) in [5, 5.41) is 9.99.